The summed E-state index contributed by atoms with van der Waals surface area (Å²) in [5.41, 5.74) is 0.509. The first-order valence-electron chi connectivity index (χ1n) is 8.12. The van der Waals surface area contributed by atoms with Crippen LogP contribution in [0.2, 0.25) is 10.0 Å². The zero-order valence-corrected chi connectivity index (χ0v) is 17.5. The van der Waals surface area contributed by atoms with Gasteiger partial charge in [-0.1, -0.05) is 40.0 Å². The van der Waals surface area contributed by atoms with Crippen molar-refractivity contribution < 1.29 is 19.0 Å². The van der Waals surface area contributed by atoms with Gasteiger partial charge in [-0.05, 0) is 18.2 Å². The van der Waals surface area contributed by atoms with E-state index in [2.05, 4.69) is 15.3 Å². The normalized spacial score (nSPS) is 19.3. The van der Waals surface area contributed by atoms with Gasteiger partial charge in [-0.25, -0.2) is 9.79 Å². The number of aliphatic imine (C=N–C) groups is 2. The first-order chi connectivity index (χ1) is 13.2. The molecule has 8 nitrogen and oxygen atoms in total. The summed E-state index contributed by atoms with van der Waals surface area (Å²) in [5.74, 6) is -0.785. The zero-order chi connectivity index (χ0) is 20.6. The average Bonchev–Trinajstić information content (AvgIpc) is 2.65. The monoisotopic (exact) mass is 440 g/mol. The van der Waals surface area contributed by atoms with E-state index in [0.29, 0.717) is 32.4 Å². The second-order valence-electron chi connectivity index (χ2n) is 6.10. The Morgan fingerprint density at radius 2 is 2.00 bits per heavy atom. The predicted molar refractivity (Wildman–Crippen MR) is 111 cm³/mol. The van der Waals surface area contributed by atoms with E-state index in [1.54, 1.807) is 32.2 Å². The molecule has 1 unspecified atom stereocenters. The largest absolute Gasteiger partial charge is 0.445 e. The molecule has 2 heterocycles. The molecule has 0 saturated heterocycles. The van der Waals surface area contributed by atoms with Gasteiger partial charge in [0.1, 0.15) is 5.04 Å². The number of fused-ring (bicyclic) bond motifs is 1. The van der Waals surface area contributed by atoms with Gasteiger partial charge >= 0.3 is 11.9 Å². The number of urea groups is 1. The number of nitrogens with zero attached hydrogens (tertiary/aromatic N) is 4. The highest BCUT2D eigenvalue weighted by Gasteiger charge is 2.48. The molecule has 0 saturated carbocycles. The van der Waals surface area contributed by atoms with Crippen LogP contribution >= 0.6 is 35.0 Å². The molecule has 11 heteroatoms. The van der Waals surface area contributed by atoms with Crippen LogP contribution in [0, 0.1) is 5.92 Å². The third-order valence-corrected chi connectivity index (χ3v) is 5.87. The summed E-state index contributed by atoms with van der Waals surface area (Å²) in [6.45, 7) is 1.67. The van der Waals surface area contributed by atoms with Crippen LogP contribution in [0.5, 0.6) is 0 Å². The Bertz CT molecular complexity index is 989. The number of nitrogens with one attached hydrogen (secondary N) is 1. The van der Waals surface area contributed by atoms with Crippen molar-refractivity contribution in [2.24, 2.45) is 15.9 Å². The molecule has 0 fully saturated rings. The molecule has 146 valence electrons. The number of hydrogen-bond acceptors (Lipinski definition) is 6. The van der Waals surface area contributed by atoms with Crippen molar-refractivity contribution in [2.75, 3.05) is 25.2 Å². The molecule has 0 bridgehead atoms. The molecular weight excluding hydrogens is 425 g/mol. The van der Waals surface area contributed by atoms with Crippen molar-refractivity contribution in [1.82, 2.24) is 4.90 Å². The zero-order valence-electron chi connectivity index (χ0n) is 15.2. The lowest BCUT2D eigenvalue weighted by Gasteiger charge is -2.26. The summed E-state index contributed by atoms with van der Waals surface area (Å²) in [7, 11) is 2.96. The van der Waals surface area contributed by atoms with Crippen LogP contribution in [0.4, 0.5) is 10.5 Å². The Kier molecular flexibility index (Phi) is 5.87. The van der Waals surface area contributed by atoms with Gasteiger partial charge in [-0.15, -0.1) is 0 Å². The Morgan fingerprint density at radius 3 is 2.68 bits per heavy atom. The average molecular weight is 441 g/mol. The minimum Gasteiger partial charge on any atom is -0.325 e. The van der Waals surface area contributed by atoms with Crippen LogP contribution in [0.3, 0.4) is 0 Å². The quantitative estimate of drug-likeness (QED) is 0.730. The third-order valence-electron chi connectivity index (χ3n) is 4.10. The van der Waals surface area contributed by atoms with Crippen LogP contribution in [-0.4, -0.2) is 63.9 Å². The number of carbonyl (C=O) groups excluding carboxylic acids is 3. The van der Waals surface area contributed by atoms with Crippen LogP contribution in [-0.2, 0) is 9.59 Å². The Balaban J connectivity index is 1.75. The molecular formula is C17H16Cl2N5O3S+. The molecule has 0 spiro atoms. The molecule has 28 heavy (non-hydrogen) atoms. The van der Waals surface area contributed by atoms with Crippen LogP contribution in [0.1, 0.15) is 6.92 Å². The minimum atomic E-state index is -0.806. The Labute approximate surface area is 175 Å². The second kappa shape index (κ2) is 8.02. The highest BCUT2D eigenvalue weighted by molar-refractivity contribution is 8.14. The fourth-order valence-electron chi connectivity index (χ4n) is 2.71. The second-order valence-corrected chi connectivity index (χ2v) is 7.91. The Hall–Kier alpha value is -2.23. The molecule has 1 N–H and O–H groups in total. The number of amides is 4. The number of rotatable bonds is 3. The standard InChI is InChI=1S/C17H15Cl2N5O3S/c1-8-20-14-13(16(26)24(3)17(27)23(14)2)15(21-8)28-7-12(25)22-9-4-5-10(18)11(19)6-9/h4-6,13H,7H2,1-3H3/p+1. The molecule has 2 aliphatic heterocycles. The number of halogens is 2. The number of imide groups is 1. The summed E-state index contributed by atoms with van der Waals surface area (Å²) in [5, 5.41) is 3.86. The molecule has 1 aromatic rings. The van der Waals surface area contributed by atoms with Gasteiger partial charge in [0.2, 0.25) is 11.7 Å². The van der Waals surface area contributed by atoms with Crippen LogP contribution < -0.4 is 5.32 Å². The summed E-state index contributed by atoms with van der Waals surface area (Å²) in [4.78, 5) is 46.6. The van der Waals surface area contributed by atoms with Gasteiger partial charge in [0.25, 0.3) is 5.84 Å². The predicted octanol–water partition coefficient (Wildman–Crippen LogP) is 2.74. The number of benzene rings is 1. The third kappa shape index (κ3) is 3.96. The SMILES string of the molecule is CC1=NC2=[N+](C)C(=O)N(C)C(=O)C2C(SCC(=O)Nc2ccc(Cl)c(Cl)c2)=N1. The fourth-order valence-corrected chi connectivity index (χ4v) is 3.93. The maximum absolute atomic E-state index is 12.6. The van der Waals surface area contributed by atoms with E-state index in [9.17, 15) is 14.4 Å². The summed E-state index contributed by atoms with van der Waals surface area (Å²) in [6, 6.07) is 4.31. The number of carbonyl (C=O) groups is 3. The Morgan fingerprint density at radius 1 is 1.29 bits per heavy atom. The number of hydrogen-bond donors (Lipinski definition) is 1. The first-order valence-corrected chi connectivity index (χ1v) is 9.87. The molecule has 1 atom stereocenters. The lowest BCUT2D eigenvalue weighted by atomic mass is 10.1. The highest BCUT2D eigenvalue weighted by Crippen LogP contribution is 2.27. The molecule has 0 aromatic heterocycles. The summed E-state index contributed by atoms with van der Waals surface area (Å²) < 4.78 is 1.32. The first kappa shape index (κ1) is 20.5. The van der Waals surface area contributed by atoms with Crippen LogP contribution in [0.25, 0.3) is 0 Å². The number of anilines is 1. The van der Waals surface area contributed by atoms with Crippen molar-refractivity contribution in [3.63, 3.8) is 0 Å². The molecule has 2 aliphatic rings. The van der Waals surface area contributed by atoms with Crippen molar-refractivity contribution in [3.05, 3.63) is 28.2 Å². The molecule has 0 radical (unpaired) electrons. The van der Waals surface area contributed by atoms with Crippen LogP contribution in [0.15, 0.2) is 28.2 Å². The van der Waals surface area contributed by atoms with E-state index in [0.717, 1.165) is 16.7 Å². The van der Waals surface area contributed by atoms with Crippen molar-refractivity contribution in [2.45, 2.75) is 6.92 Å². The molecule has 3 rings (SSSR count). The van der Waals surface area contributed by atoms with Gasteiger partial charge in [0.15, 0.2) is 5.92 Å². The smallest absolute Gasteiger partial charge is 0.325 e. The van der Waals surface area contributed by atoms with Gasteiger partial charge in [-0.2, -0.15) is 9.48 Å². The van der Waals surface area contributed by atoms with E-state index in [1.807, 2.05) is 0 Å². The van der Waals surface area contributed by atoms with E-state index < -0.39 is 17.9 Å². The van der Waals surface area contributed by atoms with E-state index in [4.69, 9.17) is 23.2 Å². The number of amidine groups is 2. The molecule has 0 aliphatic carbocycles. The van der Waals surface area contributed by atoms with Gasteiger partial charge in [0, 0.05) is 12.6 Å². The molecule has 4 amide bonds. The van der Waals surface area contributed by atoms with Gasteiger partial charge < -0.3 is 5.32 Å². The maximum atomic E-state index is 12.6. The van der Waals surface area contributed by atoms with Crippen molar-refractivity contribution >= 4 is 75.2 Å². The summed E-state index contributed by atoms with van der Waals surface area (Å²) in [6.07, 6.45) is 0. The topological polar surface area (TPSA) is 94.2 Å². The van der Waals surface area contributed by atoms with Crippen molar-refractivity contribution in [3.8, 4) is 0 Å². The van der Waals surface area contributed by atoms with Crippen molar-refractivity contribution in [1.29, 1.82) is 0 Å². The van der Waals surface area contributed by atoms with E-state index >= 15 is 0 Å². The minimum absolute atomic E-state index is 0.0186. The lowest BCUT2D eigenvalue weighted by Crippen LogP contribution is -2.54. The lowest BCUT2D eigenvalue weighted by molar-refractivity contribution is -0.407. The van der Waals surface area contributed by atoms with E-state index in [1.165, 1.54) is 11.6 Å². The maximum Gasteiger partial charge on any atom is 0.445 e. The number of thioether (sulfide) groups is 1. The van der Waals surface area contributed by atoms with Gasteiger partial charge in [-0.3, -0.25) is 9.59 Å². The fraction of sp³-hybridized carbons (Fsp3) is 0.294. The highest BCUT2D eigenvalue weighted by atomic mass is 35.5. The van der Waals surface area contributed by atoms with Gasteiger partial charge in [0.05, 0.1) is 29.9 Å². The summed E-state index contributed by atoms with van der Waals surface area (Å²) >= 11 is 12.9. The van der Waals surface area contributed by atoms with E-state index in [-0.39, 0.29) is 11.7 Å². The molecule has 1 aromatic carbocycles.